The van der Waals surface area contributed by atoms with Crippen molar-refractivity contribution in [1.29, 1.82) is 0 Å². The van der Waals surface area contributed by atoms with Crippen molar-refractivity contribution in [3.8, 4) is 0 Å². The van der Waals surface area contributed by atoms with Crippen LogP contribution in [-0.2, 0) is 9.59 Å². The van der Waals surface area contributed by atoms with Crippen LogP contribution in [0.1, 0.15) is 48.8 Å². The zero-order valence-electron chi connectivity index (χ0n) is 16.3. The molecular weight excluding hydrogens is 433 g/mol. The third-order valence-corrected chi connectivity index (χ3v) is 6.10. The number of halogens is 2. The fraction of sp³-hybridized carbons (Fsp3) is 0.381. The van der Waals surface area contributed by atoms with Gasteiger partial charge in [0.25, 0.3) is 5.91 Å². The van der Waals surface area contributed by atoms with E-state index in [0.29, 0.717) is 0 Å². The highest BCUT2D eigenvalue weighted by molar-refractivity contribution is 6.42. The second-order valence-corrected chi connectivity index (χ2v) is 8.66. The van der Waals surface area contributed by atoms with Gasteiger partial charge in [-0.2, -0.15) is 0 Å². The molecular formula is C21H21Cl2NO6. The lowest BCUT2D eigenvalue weighted by Crippen LogP contribution is -2.54. The Morgan fingerprint density at radius 2 is 1.90 bits per heavy atom. The van der Waals surface area contributed by atoms with E-state index in [0.717, 1.165) is 4.90 Å². The highest BCUT2D eigenvalue weighted by Crippen LogP contribution is 2.50. The number of amides is 1. The summed E-state index contributed by atoms with van der Waals surface area (Å²) in [5.41, 5.74) is -1.61. The van der Waals surface area contributed by atoms with Crippen molar-refractivity contribution in [2.45, 2.75) is 38.3 Å². The second kappa shape index (κ2) is 8.32. The Morgan fingerprint density at radius 3 is 2.40 bits per heavy atom. The zero-order chi connectivity index (χ0) is 22.2. The number of carbonyl (C=O) groups is 3. The minimum atomic E-state index is -1.72. The molecule has 1 aromatic heterocycles. The summed E-state index contributed by atoms with van der Waals surface area (Å²) in [5.74, 6) is -4.17. The molecule has 2 N–H and O–H groups in total. The number of carbonyl (C=O) groups excluding carboxylic acids is 1. The largest absolute Gasteiger partial charge is 0.481 e. The highest BCUT2D eigenvalue weighted by Gasteiger charge is 2.61. The molecule has 1 aliphatic heterocycles. The van der Waals surface area contributed by atoms with Crippen LogP contribution in [-0.4, -0.2) is 38.5 Å². The number of carboxylic acid groups (broad SMARTS) is 2. The third-order valence-electron chi connectivity index (χ3n) is 5.36. The van der Waals surface area contributed by atoms with Gasteiger partial charge in [-0.05, 0) is 49.1 Å². The van der Waals surface area contributed by atoms with Gasteiger partial charge in [-0.15, -0.1) is 0 Å². The molecule has 0 radical (unpaired) electrons. The fourth-order valence-corrected chi connectivity index (χ4v) is 4.55. The van der Waals surface area contributed by atoms with Gasteiger partial charge in [0.05, 0.1) is 22.2 Å². The number of furan rings is 1. The smallest absolute Gasteiger partial charge is 0.329 e. The molecule has 30 heavy (non-hydrogen) atoms. The molecule has 1 aliphatic rings. The fourth-order valence-electron chi connectivity index (χ4n) is 4.25. The topological polar surface area (TPSA) is 108 Å². The van der Waals surface area contributed by atoms with E-state index in [1.807, 2.05) is 13.8 Å². The Hall–Kier alpha value is -2.51. The van der Waals surface area contributed by atoms with Crippen LogP contribution >= 0.6 is 23.2 Å². The van der Waals surface area contributed by atoms with Gasteiger partial charge >= 0.3 is 11.9 Å². The normalized spacial score (nSPS) is 23.7. The molecule has 3 unspecified atom stereocenters. The van der Waals surface area contributed by atoms with E-state index in [9.17, 15) is 24.6 Å². The lowest BCUT2D eigenvalue weighted by Gasteiger charge is -2.38. The van der Waals surface area contributed by atoms with Crippen LogP contribution in [0.15, 0.2) is 41.0 Å². The molecule has 1 amide bonds. The van der Waals surface area contributed by atoms with Crippen molar-refractivity contribution < 1.29 is 29.0 Å². The van der Waals surface area contributed by atoms with Crippen molar-refractivity contribution in [3.05, 3.63) is 58.0 Å². The van der Waals surface area contributed by atoms with E-state index in [-0.39, 0.29) is 40.1 Å². The predicted molar refractivity (Wildman–Crippen MR) is 110 cm³/mol. The Bertz CT molecular complexity index is 974. The van der Waals surface area contributed by atoms with Crippen molar-refractivity contribution >= 4 is 41.0 Å². The quantitative estimate of drug-likeness (QED) is 0.653. The van der Waals surface area contributed by atoms with Crippen LogP contribution in [0.2, 0.25) is 10.0 Å². The summed E-state index contributed by atoms with van der Waals surface area (Å²) in [6, 6.07) is 6.25. The highest BCUT2D eigenvalue weighted by atomic mass is 35.5. The standard InChI is InChI=1S/C21H21Cl2NO6/c1-11(2)9-21(20(28)29)10-13(19(26)27)17(16-4-3-7-30-16)24(21)18(25)12-5-6-14(22)15(23)8-12/h3-8,11,13,17H,9-10H2,1-2H3,(H,26,27)(H,28,29). The number of benzene rings is 1. The summed E-state index contributed by atoms with van der Waals surface area (Å²) >= 11 is 12.0. The second-order valence-electron chi connectivity index (χ2n) is 7.85. The molecule has 1 fully saturated rings. The lowest BCUT2D eigenvalue weighted by atomic mass is 9.83. The molecule has 9 heteroatoms. The molecule has 160 valence electrons. The molecule has 0 bridgehead atoms. The Balaban J connectivity index is 2.23. The minimum Gasteiger partial charge on any atom is -0.481 e. The van der Waals surface area contributed by atoms with E-state index in [1.54, 1.807) is 12.1 Å². The van der Waals surface area contributed by atoms with Gasteiger partial charge < -0.3 is 19.5 Å². The van der Waals surface area contributed by atoms with Gasteiger partial charge in [-0.3, -0.25) is 9.59 Å². The van der Waals surface area contributed by atoms with Crippen molar-refractivity contribution in [3.63, 3.8) is 0 Å². The number of hydrogen-bond donors (Lipinski definition) is 2. The number of nitrogens with zero attached hydrogens (tertiary/aromatic N) is 1. The first kappa shape index (κ1) is 22.2. The monoisotopic (exact) mass is 453 g/mol. The van der Waals surface area contributed by atoms with E-state index in [2.05, 4.69) is 0 Å². The lowest BCUT2D eigenvalue weighted by molar-refractivity contribution is -0.150. The maximum atomic E-state index is 13.6. The number of likely N-dealkylation sites (tertiary alicyclic amines) is 1. The molecule has 1 saturated heterocycles. The molecule has 3 atom stereocenters. The first-order valence-corrected chi connectivity index (χ1v) is 10.1. The van der Waals surface area contributed by atoms with Crippen LogP contribution in [0.25, 0.3) is 0 Å². The average Bonchev–Trinajstić information content (AvgIpc) is 3.29. The molecule has 3 rings (SSSR count). The predicted octanol–water partition coefficient (Wildman–Crippen LogP) is 4.74. The van der Waals surface area contributed by atoms with Gasteiger partial charge in [0, 0.05) is 5.56 Å². The molecule has 2 heterocycles. The maximum absolute atomic E-state index is 13.6. The maximum Gasteiger partial charge on any atom is 0.329 e. The van der Waals surface area contributed by atoms with Crippen LogP contribution in [0.5, 0.6) is 0 Å². The van der Waals surface area contributed by atoms with Crippen LogP contribution in [0, 0.1) is 11.8 Å². The van der Waals surface area contributed by atoms with Gasteiger partial charge in [0.2, 0.25) is 0 Å². The summed E-state index contributed by atoms with van der Waals surface area (Å²) in [4.78, 5) is 39.4. The Morgan fingerprint density at radius 1 is 1.20 bits per heavy atom. The minimum absolute atomic E-state index is 0.0797. The summed E-state index contributed by atoms with van der Waals surface area (Å²) in [6.07, 6.45) is 1.20. The molecule has 2 aromatic rings. The van der Waals surface area contributed by atoms with E-state index in [4.69, 9.17) is 27.6 Å². The summed E-state index contributed by atoms with van der Waals surface area (Å²) in [7, 11) is 0. The summed E-state index contributed by atoms with van der Waals surface area (Å²) in [6.45, 7) is 3.64. The number of carboxylic acids is 2. The van der Waals surface area contributed by atoms with Gasteiger partial charge in [-0.1, -0.05) is 37.0 Å². The first-order valence-electron chi connectivity index (χ1n) is 9.37. The molecule has 1 aromatic carbocycles. The van der Waals surface area contributed by atoms with Crippen LogP contribution < -0.4 is 0 Å². The average molecular weight is 454 g/mol. The number of rotatable bonds is 6. The first-order chi connectivity index (χ1) is 14.1. The van der Waals surface area contributed by atoms with E-state index >= 15 is 0 Å². The summed E-state index contributed by atoms with van der Waals surface area (Å²) in [5, 5.41) is 20.5. The van der Waals surface area contributed by atoms with Crippen molar-refractivity contribution in [2.75, 3.05) is 0 Å². The number of aliphatic carboxylic acids is 2. The van der Waals surface area contributed by atoms with Gasteiger partial charge in [0.15, 0.2) is 0 Å². The van der Waals surface area contributed by atoms with Crippen molar-refractivity contribution in [1.82, 2.24) is 4.90 Å². The van der Waals surface area contributed by atoms with Gasteiger partial charge in [-0.25, -0.2) is 4.79 Å². The Labute approximate surface area is 183 Å². The molecule has 7 nitrogen and oxygen atoms in total. The molecule has 0 saturated carbocycles. The number of hydrogen-bond acceptors (Lipinski definition) is 4. The summed E-state index contributed by atoms with van der Waals surface area (Å²) < 4.78 is 5.44. The SMILES string of the molecule is CC(C)CC1(C(=O)O)CC(C(=O)O)C(c2ccco2)N1C(=O)c1ccc(Cl)c(Cl)c1. The van der Waals surface area contributed by atoms with E-state index < -0.39 is 35.3 Å². The van der Waals surface area contributed by atoms with Crippen molar-refractivity contribution in [2.24, 2.45) is 11.8 Å². The molecule has 0 spiro atoms. The van der Waals surface area contributed by atoms with Crippen LogP contribution in [0.4, 0.5) is 0 Å². The zero-order valence-corrected chi connectivity index (χ0v) is 17.9. The van der Waals surface area contributed by atoms with Crippen LogP contribution in [0.3, 0.4) is 0 Å². The third kappa shape index (κ3) is 3.79. The van der Waals surface area contributed by atoms with Gasteiger partial charge in [0.1, 0.15) is 17.3 Å². The molecule has 0 aliphatic carbocycles. The Kier molecular flexibility index (Phi) is 6.15. The van der Waals surface area contributed by atoms with E-state index in [1.165, 1.54) is 24.5 Å².